The number of nitro groups is 1. The van der Waals surface area contributed by atoms with Gasteiger partial charge >= 0.3 is 0 Å². The Labute approximate surface area is 82.2 Å². The summed E-state index contributed by atoms with van der Waals surface area (Å²) < 4.78 is 11.8. The zero-order valence-electron chi connectivity index (χ0n) is 6.41. The summed E-state index contributed by atoms with van der Waals surface area (Å²) in [6.07, 6.45) is 1.16. The molecule has 0 radical (unpaired) electrons. The fourth-order valence-corrected chi connectivity index (χ4v) is 1.12. The van der Waals surface area contributed by atoms with Gasteiger partial charge in [-0.25, -0.2) is 0 Å². The second kappa shape index (κ2) is 4.13. The SMILES string of the molecule is O=[N+]([O-])c1cccc(/C=C(\F)Br)c1. The van der Waals surface area contributed by atoms with Crippen LogP contribution in [0.5, 0.6) is 0 Å². The second-order valence-corrected chi connectivity index (χ2v) is 3.04. The highest BCUT2D eigenvalue weighted by Crippen LogP contribution is 2.17. The minimum absolute atomic E-state index is 0.0532. The lowest BCUT2D eigenvalue weighted by atomic mass is 10.2. The molecule has 5 heteroatoms. The summed E-state index contributed by atoms with van der Waals surface area (Å²) in [5, 5.41) is 10.3. The third kappa shape index (κ3) is 2.95. The van der Waals surface area contributed by atoms with E-state index in [1.807, 2.05) is 0 Å². The Hall–Kier alpha value is -1.23. The topological polar surface area (TPSA) is 43.1 Å². The molecule has 0 unspecified atom stereocenters. The predicted octanol–water partition coefficient (Wildman–Crippen LogP) is 3.26. The Bertz CT molecular complexity index is 361. The quantitative estimate of drug-likeness (QED) is 0.593. The van der Waals surface area contributed by atoms with Gasteiger partial charge in [-0.2, -0.15) is 4.39 Å². The number of hydrogen-bond donors (Lipinski definition) is 0. The molecule has 1 aromatic carbocycles. The van der Waals surface area contributed by atoms with Gasteiger partial charge in [0.25, 0.3) is 5.69 Å². The van der Waals surface area contributed by atoms with Crippen molar-refractivity contribution in [2.24, 2.45) is 0 Å². The number of halogens is 2. The first-order chi connectivity index (χ1) is 6.09. The first-order valence-corrected chi connectivity index (χ1v) is 4.16. The molecule has 0 saturated carbocycles. The molecule has 0 spiro atoms. The maximum absolute atomic E-state index is 12.3. The van der Waals surface area contributed by atoms with Gasteiger partial charge in [0.15, 0.2) is 4.74 Å². The molecular weight excluding hydrogens is 241 g/mol. The van der Waals surface area contributed by atoms with E-state index in [-0.39, 0.29) is 5.69 Å². The molecule has 0 aliphatic rings. The summed E-state index contributed by atoms with van der Waals surface area (Å²) in [4.78, 5) is 9.79. The van der Waals surface area contributed by atoms with Crippen LogP contribution in [-0.2, 0) is 0 Å². The van der Waals surface area contributed by atoms with Gasteiger partial charge in [-0.1, -0.05) is 12.1 Å². The van der Waals surface area contributed by atoms with E-state index in [2.05, 4.69) is 15.9 Å². The van der Waals surface area contributed by atoms with Gasteiger partial charge in [0.2, 0.25) is 0 Å². The second-order valence-electron chi connectivity index (χ2n) is 2.29. The van der Waals surface area contributed by atoms with Crippen molar-refractivity contribution < 1.29 is 9.31 Å². The van der Waals surface area contributed by atoms with E-state index in [1.165, 1.54) is 18.2 Å². The van der Waals surface area contributed by atoms with Crippen molar-refractivity contribution in [3.05, 3.63) is 44.7 Å². The highest BCUT2D eigenvalue weighted by molar-refractivity contribution is 9.11. The Balaban J connectivity index is 3.06. The zero-order valence-corrected chi connectivity index (χ0v) is 7.99. The number of benzene rings is 1. The Morgan fingerprint density at radius 1 is 1.62 bits per heavy atom. The Kier molecular flexibility index (Phi) is 3.13. The van der Waals surface area contributed by atoms with Crippen LogP contribution in [-0.4, -0.2) is 4.92 Å². The van der Waals surface area contributed by atoms with Crippen molar-refractivity contribution in [2.45, 2.75) is 0 Å². The van der Waals surface area contributed by atoms with E-state index in [1.54, 1.807) is 6.07 Å². The van der Waals surface area contributed by atoms with Crippen LogP contribution in [0, 0.1) is 10.1 Å². The van der Waals surface area contributed by atoms with Crippen LogP contribution >= 0.6 is 15.9 Å². The van der Waals surface area contributed by atoms with Crippen molar-refractivity contribution in [1.82, 2.24) is 0 Å². The fourth-order valence-electron chi connectivity index (χ4n) is 0.854. The molecule has 1 aromatic rings. The highest BCUT2D eigenvalue weighted by atomic mass is 79.9. The molecule has 0 heterocycles. The summed E-state index contributed by atoms with van der Waals surface area (Å²) >= 11 is 2.60. The van der Waals surface area contributed by atoms with Crippen molar-refractivity contribution in [3.8, 4) is 0 Å². The summed E-state index contributed by atoms with van der Waals surface area (Å²) in [6.45, 7) is 0. The Morgan fingerprint density at radius 3 is 2.85 bits per heavy atom. The van der Waals surface area contributed by atoms with Crippen LogP contribution in [0.2, 0.25) is 0 Å². The predicted molar refractivity (Wildman–Crippen MR) is 51.1 cm³/mol. The summed E-state index contributed by atoms with van der Waals surface area (Å²) in [5.41, 5.74) is 0.395. The number of rotatable bonds is 2. The standard InChI is InChI=1S/C8H5BrFNO2/c9-8(10)5-6-2-1-3-7(4-6)11(12)13/h1-5H/b8-5-. The molecule has 0 bridgehead atoms. The van der Waals surface area contributed by atoms with E-state index < -0.39 is 9.66 Å². The zero-order chi connectivity index (χ0) is 9.84. The molecule has 0 aliphatic heterocycles. The average Bonchev–Trinajstić information content (AvgIpc) is 2.03. The van der Waals surface area contributed by atoms with Gasteiger partial charge in [-0.05, 0) is 27.6 Å². The first kappa shape index (κ1) is 9.85. The van der Waals surface area contributed by atoms with E-state index in [4.69, 9.17) is 0 Å². The summed E-state index contributed by atoms with van der Waals surface area (Å²) in [7, 11) is 0. The van der Waals surface area contributed by atoms with E-state index in [0.717, 1.165) is 6.08 Å². The smallest absolute Gasteiger partial charge is 0.258 e. The van der Waals surface area contributed by atoms with Gasteiger partial charge in [0, 0.05) is 12.1 Å². The molecule has 0 saturated heterocycles. The van der Waals surface area contributed by atoms with Crippen molar-refractivity contribution in [1.29, 1.82) is 0 Å². The monoisotopic (exact) mass is 245 g/mol. The lowest BCUT2D eigenvalue weighted by molar-refractivity contribution is -0.384. The molecule has 1 rings (SSSR count). The lowest BCUT2D eigenvalue weighted by Gasteiger charge is -1.93. The van der Waals surface area contributed by atoms with E-state index in [9.17, 15) is 14.5 Å². The highest BCUT2D eigenvalue weighted by Gasteiger charge is 2.03. The molecule has 0 fully saturated rings. The minimum Gasteiger partial charge on any atom is -0.258 e. The van der Waals surface area contributed by atoms with Gasteiger partial charge in [-0.3, -0.25) is 10.1 Å². The van der Waals surface area contributed by atoms with Gasteiger partial charge in [-0.15, -0.1) is 0 Å². The molecular formula is C8H5BrFNO2. The van der Waals surface area contributed by atoms with Crippen molar-refractivity contribution in [2.75, 3.05) is 0 Å². The average molecular weight is 246 g/mol. The van der Waals surface area contributed by atoms with Crippen LogP contribution in [0.3, 0.4) is 0 Å². The Morgan fingerprint density at radius 2 is 2.31 bits per heavy atom. The molecule has 0 atom stereocenters. The fraction of sp³-hybridized carbons (Fsp3) is 0. The van der Waals surface area contributed by atoms with Crippen LogP contribution in [0.25, 0.3) is 6.08 Å². The summed E-state index contributed by atoms with van der Waals surface area (Å²) in [6, 6.07) is 5.72. The third-order valence-electron chi connectivity index (χ3n) is 1.36. The van der Waals surface area contributed by atoms with E-state index >= 15 is 0 Å². The molecule has 13 heavy (non-hydrogen) atoms. The van der Waals surface area contributed by atoms with E-state index in [0.29, 0.717) is 5.56 Å². The third-order valence-corrected chi connectivity index (χ3v) is 1.59. The number of hydrogen-bond acceptors (Lipinski definition) is 2. The van der Waals surface area contributed by atoms with Gasteiger partial charge < -0.3 is 0 Å². The number of nitro benzene ring substituents is 1. The molecule has 3 nitrogen and oxygen atoms in total. The molecule has 0 N–H and O–H groups in total. The van der Waals surface area contributed by atoms with Crippen LogP contribution in [0.4, 0.5) is 10.1 Å². The lowest BCUT2D eigenvalue weighted by Crippen LogP contribution is -1.87. The maximum atomic E-state index is 12.3. The first-order valence-electron chi connectivity index (χ1n) is 3.37. The van der Waals surface area contributed by atoms with Gasteiger partial charge in [0.1, 0.15) is 0 Å². The van der Waals surface area contributed by atoms with Gasteiger partial charge in [0.05, 0.1) is 4.92 Å². The minimum atomic E-state index is -0.562. The molecule has 0 amide bonds. The largest absolute Gasteiger partial charge is 0.270 e. The van der Waals surface area contributed by atoms with Crippen LogP contribution in [0.15, 0.2) is 29.0 Å². The molecule has 68 valence electrons. The summed E-state index contributed by atoms with van der Waals surface area (Å²) in [5.74, 6) is 0. The van der Waals surface area contributed by atoms with Crippen LogP contribution in [0.1, 0.15) is 5.56 Å². The normalized spacial score (nSPS) is 11.4. The molecule has 0 aliphatic carbocycles. The number of non-ortho nitro benzene ring substituents is 1. The van der Waals surface area contributed by atoms with Crippen molar-refractivity contribution >= 4 is 27.7 Å². The van der Waals surface area contributed by atoms with Crippen LogP contribution < -0.4 is 0 Å². The molecule has 0 aromatic heterocycles. The van der Waals surface area contributed by atoms with Crippen molar-refractivity contribution in [3.63, 3.8) is 0 Å². The maximum Gasteiger partial charge on any atom is 0.270 e. The number of nitrogens with zero attached hydrogens (tertiary/aromatic N) is 1.